The first kappa shape index (κ1) is 108. The van der Waals surface area contributed by atoms with Crippen LogP contribution < -0.4 is 0 Å². The number of aliphatic hydroxyl groups is 1. The number of phosphoric ester groups is 2. The molecule has 0 spiro atoms. The second kappa shape index (κ2) is 80.8. The lowest BCUT2D eigenvalue weighted by Gasteiger charge is -2.21. The molecule has 7 atom stereocenters. The van der Waals surface area contributed by atoms with E-state index in [0.29, 0.717) is 25.7 Å². The molecule has 0 aromatic carbocycles. The number of phosphoric acid groups is 2. The first-order chi connectivity index (χ1) is 53.3. The van der Waals surface area contributed by atoms with Gasteiger partial charge in [-0.15, -0.1) is 0 Å². The molecule has 0 aliphatic carbocycles. The van der Waals surface area contributed by atoms with Gasteiger partial charge in [0.15, 0.2) is 12.2 Å². The summed E-state index contributed by atoms with van der Waals surface area (Å²) in [7, 11) is -9.94. The van der Waals surface area contributed by atoms with E-state index < -0.39 is 97.5 Å². The fraction of sp³-hybridized carbons (Fsp3) is 0.956. The van der Waals surface area contributed by atoms with Crippen LogP contribution >= 0.6 is 15.6 Å². The van der Waals surface area contributed by atoms with E-state index in [1.165, 1.54) is 295 Å². The molecule has 0 bridgehead atoms. The first-order valence-corrected chi connectivity index (χ1v) is 49.9. The summed E-state index contributed by atoms with van der Waals surface area (Å²) in [5, 5.41) is 10.7. The van der Waals surface area contributed by atoms with Crippen LogP contribution in [0.25, 0.3) is 0 Å². The zero-order valence-electron chi connectivity index (χ0n) is 72.7. The molecule has 0 radical (unpaired) electrons. The lowest BCUT2D eigenvalue weighted by Crippen LogP contribution is -2.30. The van der Waals surface area contributed by atoms with E-state index in [0.717, 1.165) is 108 Å². The lowest BCUT2D eigenvalue weighted by molar-refractivity contribution is -0.161. The number of hydrogen-bond donors (Lipinski definition) is 3. The Hall–Kier alpha value is -1.94. The Balaban J connectivity index is 5.26. The highest BCUT2D eigenvalue weighted by atomic mass is 31.2. The Bertz CT molecular complexity index is 2120. The molecule has 0 aromatic rings. The van der Waals surface area contributed by atoms with Gasteiger partial charge < -0.3 is 33.8 Å². The van der Waals surface area contributed by atoms with Crippen molar-refractivity contribution in [1.29, 1.82) is 0 Å². The van der Waals surface area contributed by atoms with E-state index in [-0.39, 0.29) is 25.7 Å². The van der Waals surface area contributed by atoms with Crippen LogP contribution in [0.2, 0.25) is 0 Å². The summed E-state index contributed by atoms with van der Waals surface area (Å²) in [6, 6.07) is 0. The van der Waals surface area contributed by atoms with E-state index in [1.807, 2.05) is 0 Å². The number of carbonyl (C=O) groups excluding carboxylic acids is 4. The zero-order valence-corrected chi connectivity index (χ0v) is 74.5. The summed E-state index contributed by atoms with van der Waals surface area (Å²) in [6.45, 7) is 12.1. The monoisotopic (exact) mass is 1610 g/mol. The Labute approximate surface area is 677 Å². The van der Waals surface area contributed by atoms with Crippen molar-refractivity contribution in [2.45, 2.75) is 503 Å². The summed E-state index contributed by atoms with van der Waals surface area (Å²) in [6.07, 6.45) is 73.5. The maximum Gasteiger partial charge on any atom is 0.472 e. The van der Waals surface area contributed by atoms with Gasteiger partial charge in [0.05, 0.1) is 26.4 Å². The molecule has 4 unspecified atom stereocenters. The summed E-state index contributed by atoms with van der Waals surface area (Å²) < 4.78 is 69.1. The van der Waals surface area contributed by atoms with Gasteiger partial charge in [0, 0.05) is 25.7 Å². The highest BCUT2D eigenvalue weighted by Gasteiger charge is 2.31. The average molecular weight is 1610 g/mol. The first-order valence-electron chi connectivity index (χ1n) is 46.9. The SMILES string of the molecule is CCCCCCCCCCCCCCCCCCCCCC(=O)OC[C@H](COP(=O)(O)OC[C@@H](O)COP(=O)(O)OC[C@@H](COC(=O)CCCCCCCCCCC(C)CC)OC(=O)CCCCCCCCCCCCCCCCC(C)CC)OC(=O)CCCCCCCCCCCCCCCCCCCCC(C)C. The Morgan fingerprint density at radius 3 is 0.691 bits per heavy atom. The van der Waals surface area contributed by atoms with E-state index in [9.17, 15) is 43.2 Å². The largest absolute Gasteiger partial charge is 0.472 e. The molecule has 0 aliphatic rings. The Morgan fingerprint density at radius 1 is 0.264 bits per heavy atom. The predicted molar refractivity (Wildman–Crippen MR) is 455 cm³/mol. The van der Waals surface area contributed by atoms with Gasteiger partial charge in [-0.05, 0) is 43.4 Å². The van der Waals surface area contributed by atoms with Gasteiger partial charge in [0.1, 0.15) is 19.3 Å². The molecule has 0 aromatic heterocycles. The van der Waals surface area contributed by atoms with Crippen molar-refractivity contribution in [1.82, 2.24) is 0 Å². The van der Waals surface area contributed by atoms with E-state index >= 15 is 0 Å². The molecule has 0 saturated heterocycles. The number of esters is 4. The minimum Gasteiger partial charge on any atom is -0.462 e. The summed E-state index contributed by atoms with van der Waals surface area (Å²) in [4.78, 5) is 73.4. The van der Waals surface area contributed by atoms with Crippen molar-refractivity contribution in [3.63, 3.8) is 0 Å². The minimum absolute atomic E-state index is 0.107. The van der Waals surface area contributed by atoms with Crippen LogP contribution in [-0.4, -0.2) is 96.7 Å². The summed E-state index contributed by atoms with van der Waals surface area (Å²) >= 11 is 0. The molecular weight excluding hydrogens is 1430 g/mol. The molecule has 0 fully saturated rings. The lowest BCUT2D eigenvalue weighted by atomic mass is 9.99. The zero-order chi connectivity index (χ0) is 80.8. The van der Waals surface area contributed by atoms with Crippen LogP contribution in [0.5, 0.6) is 0 Å². The van der Waals surface area contributed by atoms with Crippen LogP contribution in [0.15, 0.2) is 0 Å². The van der Waals surface area contributed by atoms with Crippen LogP contribution in [0.3, 0.4) is 0 Å². The molecule has 3 N–H and O–H groups in total. The third-order valence-corrected chi connectivity index (χ3v) is 24.0. The number of rotatable bonds is 89. The van der Waals surface area contributed by atoms with Gasteiger partial charge >= 0.3 is 39.5 Å². The number of unbranched alkanes of at least 4 members (excludes halogenated alkanes) is 55. The van der Waals surface area contributed by atoms with Gasteiger partial charge in [0.2, 0.25) is 0 Å². The standard InChI is InChI=1S/C91H178O17P2/c1-8-11-12-13-14-15-16-17-18-19-20-24-27-33-38-43-51-58-65-72-88(93)101-78-86(107-90(95)74-67-60-53-44-39-34-28-25-22-21-23-26-31-36-41-48-55-62-69-82(4)5)80-105-109(97,98)103-76-85(92)77-104-110(99,100)106-81-87(79-102-89(94)73-66-59-52-47-46-50-57-64-71-84(7)10-3)108-91(96)75-68-61-54-45-40-35-30-29-32-37-42-49-56-63-70-83(6)9-2/h82-87,92H,8-81H2,1-7H3,(H,97,98)(H,99,100)/t83?,84?,85-,86-,87-/m1/s1. The summed E-state index contributed by atoms with van der Waals surface area (Å²) in [5.74, 6) is 0.345. The second-order valence-corrected chi connectivity index (χ2v) is 36.6. The van der Waals surface area contributed by atoms with E-state index in [2.05, 4.69) is 48.5 Å². The second-order valence-electron chi connectivity index (χ2n) is 33.7. The summed E-state index contributed by atoms with van der Waals surface area (Å²) in [5.41, 5.74) is 0. The highest BCUT2D eigenvalue weighted by molar-refractivity contribution is 7.47. The fourth-order valence-corrected chi connectivity index (χ4v) is 15.8. The average Bonchev–Trinajstić information content (AvgIpc) is 0.906. The smallest absolute Gasteiger partial charge is 0.462 e. The molecule has 0 amide bonds. The highest BCUT2D eigenvalue weighted by Crippen LogP contribution is 2.45. The van der Waals surface area contributed by atoms with Gasteiger partial charge in [-0.3, -0.25) is 37.3 Å². The van der Waals surface area contributed by atoms with Crippen LogP contribution in [0.4, 0.5) is 0 Å². The van der Waals surface area contributed by atoms with Crippen molar-refractivity contribution in [3.05, 3.63) is 0 Å². The number of aliphatic hydroxyl groups excluding tert-OH is 1. The third kappa shape index (κ3) is 81.2. The van der Waals surface area contributed by atoms with Crippen molar-refractivity contribution in [2.24, 2.45) is 17.8 Å². The molecule has 0 heterocycles. The minimum atomic E-state index is -4.97. The van der Waals surface area contributed by atoms with Crippen molar-refractivity contribution in [3.8, 4) is 0 Å². The van der Waals surface area contributed by atoms with Gasteiger partial charge in [0.25, 0.3) is 0 Å². The number of carbonyl (C=O) groups is 4. The molecular formula is C91H178O17P2. The van der Waals surface area contributed by atoms with Crippen molar-refractivity contribution >= 4 is 39.5 Å². The predicted octanol–water partition coefficient (Wildman–Crippen LogP) is 28.0. The van der Waals surface area contributed by atoms with Gasteiger partial charge in [-0.2, -0.15) is 0 Å². The van der Waals surface area contributed by atoms with Crippen LogP contribution in [0.1, 0.15) is 485 Å². The molecule has 110 heavy (non-hydrogen) atoms. The maximum atomic E-state index is 13.2. The van der Waals surface area contributed by atoms with Gasteiger partial charge in [-0.1, -0.05) is 434 Å². The maximum absolute atomic E-state index is 13.2. The Kier molecular flexibility index (Phi) is 79.4. The van der Waals surface area contributed by atoms with Gasteiger partial charge in [-0.25, -0.2) is 9.13 Å². The Morgan fingerprint density at radius 2 is 0.464 bits per heavy atom. The molecule has 654 valence electrons. The number of hydrogen-bond acceptors (Lipinski definition) is 15. The molecule has 0 saturated carbocycles. The topological polar surface area (TPSA) is 237 Å². The number of ether oxygens (including phenoxy) is 4. The fourth-order valence-electron chi connectivity index (χ4n) is 14.2. The van der Waals surface area contributed by atoms with Crippen molar-refractivity contribution < 1.29 is 80.2 Å². The van der Waals surface area contributed by atoms with E-state index in [1.54, 1.807) is 0 Å². The molecule has 17 nitrogen and oxygen atoms in total. The van der Waals surface area contributed by atoms with Crippen LogP contribution in [-0.2, 0) is 65.4 Å². The normalized spacial score (nSPS) is 14.3. The molecule has 19 heteroatoms. The van der Waals surface area contributed by atoms with Crippen molar-refractivity contribution in [2.75, 3.05) is 39.6 Å². The van der Waals surface area contributed by atoms with Crippen LogP contribution in [0, 0.1) is 17.8 Å². The molecule has 0 rings (SSSR count). The quantitative estimate of drug-likeness (QED) is 0.0222. The van der Waals surface area contributed by atoms with E-state index in [4.69, 9.17) is 37.0 Å². The third-order valence-electron chi connectivity index (χ3n) is 22.1. The molecule has 0 aliphatic heterocycles.